The van der Waals surface area contributed by atoms with Crippen LogP contribution in [-0.2, 0) is 14.0 Å². The molecular weight excluding hydrogens is 372 g/mol. The molecule has 5 rings (SSSR count). The van der Waals surface area contributed by atoms with Gasteiger partial charge in [-0.15, -0.1) is 0 Å². The van der Waals surface area contributed by atoms with Crippen LogP contribution in [0.2, 0.25) is 5.31 Å². The summed E-state index contributed by atoms with van der Waals surface area (Å²) in [5, 5.41) is 1.17. The van der Waals surface area contributed by atoms with E-state index in [4.69, 9.17) is 14.0 Å². The number of rotatable bonds is 2. The summed E-state index contributed by atoms with van der Waals surface area (Å²) in [7, 11) is 0. The first-order valence-electron chi connectivity index (χ1n) is 10.7. The summed E-state index contributed by atoms with van der Waals surface area (Å²) in [5.41, 5.74) is 0.684. The van der Waals surface area contributed by atoms with Crippen molar-refractivity contribution in [3.63, 3.8) is 0 Å². The second kappa shape index (κ2) is 6.19. The molecule has 2 heterocycles. The van der Waals surface area contributed by atoms with Gasteiger partial charge >= 0.3 is 25.0 Å². The first-order valence-corrected chi connectivity index (χ1v) is 10.7. The van der Waals surface area contributed by atoms with Crippen LogP contribution >= 0.6 is 0 Å². The van der Waals surface area contributed by atoms with Crippen molar-refractivity contribution in [1.82, 2.24) is 4.57 Å². The Hall–Kier alpha value is -1.19. The van der Waals surface area contributed by atoms with Gasteiger partial charge in [-0.05, 0) is 66.0 Å². The molecule has 1 aromatic heterocycles. The molecule has 3 fully saturated rings. The average molecular weight is 403 g/mol. The van der Waals surface area contributed by atoms with Gasteiger partial charge < -0.3 is 14.0 Å². The van der Waals surface area contributed by atoms with Crippen molar-refractivity contribution < 1.29 is 37.7 Å². The fraction of sp³-hybridized carbons (Fsp3) is 0.609. The molecule has 156 valence electrons. The van der Waals surface area contributed by atoms with Crippen LogP contribution in [0.3, 0.4) is 0 Å². The van der Waals surface area contributed by atoms with Crippen LogP contribution in [0.25, 0.3) is 10.9 Å². The van der Waals surface area contributed by atoms with E-state index < -0.39 is 12.2 Å². The number of fused-ring (bicyclic) bond motifs is 2. The third-order valence-electron chi connectivity index (χ3n) is 7.62. The number of ether oxygens (including phenoxy) is 1. The smallest absolute Gasteiger partial charge is 0.558 e. The Kier molecular flexibility index (Phi) is 4.55. The van der Waals surface area contributed by atoms with Crippen LogP contribution in [0.5, 0.6) is 0 Å². The molecule has 0 atom stereocenters. The first kappa shape index (κ1) is 22.0. The Morgan fingerprint density at radius 3 is 2.17 bits per heavy atom. The number of aromatic nitrogens is 1. The molecular formula is C23H31BLiNO4. The summed E-state index contributed by atoms with van der Waals surface area (Å²) in [6, 6.07) is 8.20. The van der Waals surface area contributed by atoms with Gasteiger partial charge in [-0.25, -0.2) is 4.79 Å². The second-order valence-electron chi connectivity index (χ2n) is 11.3. The predicted octanol–water partition coefficient (Wildman–Crippen LogP) is 1.85. The van der Waals surface area contributed by atoms with Gasteiger partial charge in [0.2, 0.25) is 0 Å². The van der Waals surface area contributed by atoms with Crippen molar-refractivity contribution in [2.24, 2.45) is 5.92 Å². The number of hydrogen-bond donors (Lipinski definition) is 0. The van der Waals surface area contributed by atoms with Crippen molar-refractivity contribution in [2.75, 3.05) is 0 Å². The summed E-state index contributed by atoms with van der Waals surface area (Å²) < 4.78 is 20.8. The topological polar surface area (TPSA) is 49.7 Å². The van der Waals surface area contributed by atoms with Crippen molar-refractivity contribution >= 4 is 29.0 Å². The van der Waals surface area contributed by atoms with Crippen molar-refractivity contribution in [3.05, 3.63) is 30.5 Å². The monoisotopic (exact) mass is 403 g/mol. The van der Waals surface area contributed by atoms with E-state index >= 15 is 0 Å². The van der Waals surface area contributed by atoms with Crippen LogP contribution < -0.4 is 24.3 Å². The van der Waals surface area contributed by atoms with E-state index in [9.17, 15) is 4.79 Å². The molecule has 0 bridgehead atoms. The molecule has 5 nitrogen and oxygen atoms in total. The van der Waals surface area contributed by atoms with E-state index in [1.54, 1.807) is 10.8 Å². The quantitative estimate of drug-likeness (QED) is 0.719. The molecule has 1 aliphatic heterocycles. The predicted molar refractivity (Wildman–Crippen MR) is 115 cm³/mol. The molecule has 0 amide bonds. The molecule has 1 saturated heterocycles. The van der Waals surface area contributed by atoms with Gasteiger partial charge in [0.25, 0.3) is 6.55 Å². The molecule has 2 aliphatic carbocycles. The molecule has 0 radical (unpaired) electrons. The maximum Gasteiger partial charge on any atom is 1.00 e. The van der Waals surface area contributed by atoms with Crippen LogP contribution in [-0.4, -0.2) is 34.0 Å². The Balaban J connectivity index is 0.00000218. The van der Waals surface area contributed by atoms with Gasteiger partial charge in [0.05, 0.1) is 5.52 Å². The average Bonchev–Trinajstić information content (AvgIpc) is 3.36. The third-order valence-corrected chi connectivity index (χ3v) is 7.62. The molecule has 2 saturated carbocycles. The van der Waals surface area contributed by atoms with Crippen LogP contribution in [0.15, 0.2) is 30.5 Å². The molecule has 30 heavy (non-hydrogen) atoms. The fourth-order valence-corrected chi connectivity index (χ4v) is 5.07. The van der Waals surface area contributed by atoms with Crippen molar-refractivity contribution in [1.29, 1.82) is 0 Å². The zero-order valence-electron chi connectivity index (χ0n) is 19.5. The molecule has 3 aliphatic rings. The van der Waals surface area contributed by atoms with Gasteiger partial charge in [-0.3, -0.25) is 4.57 Å². The number of benzene rings is 1. The molecule has 2 aromatic rings. The molecule has 7 heteroatoms. The largest absolute Gasteiger partial charge is 1.00 e. The van der Waals surface area contributed by atoms with E-state index in [-0.39, 0.29) is 41.5 Å². The van der Waals surface area contributed by atoms with Crippen LogP contribution in [0.4, 0.5) is 4.79 Å². The molecule has 0 unspecified atom stereocenters. The van der Waals surface area contributed by atoms with Gasteiger partial charge in [0.1, 0.15) is 5.60 Å². The zero-order chi connectivity index (χ0) is 21.0. The summed E-state index contributed by atoms with van der Waals surface area (Å²) in [5.74, 6) is 0.731. The third kappa shape index (κ3) is 2.95. The van der Waals surface area contributed by atoms with E-state index in [0.29, 0.717) is 0 Å². The molecule has 0 spiro atoms. The SMILES string of the molecule is CC(C)(C)OC(=O)n1ccc2cc([B-]3(C45CC4C5)OC(C)(C)C(C)(C)O3)ccc21.[Li+]. The maximum absolute atomic E-state index is 12.6. The number of carbonyl (C=O) groups is 1. The summed E-state index contributed by atoms with van der Waals surface area (Å²) >= 11 is 0. The fourth-order valence-electron chi connectivity index (χ4n) is 5.07. The second-order valence-corrected chi connectivity index (χ2v) is 11.3. The standard InChI is InChI=1S/C23H31BNO4.Li/c1-20(2,3)27-19(26)25-11-10-15-12-17(8-9-18(15)25)24(23-13-16(23)14-23)28-21(4,5)22(6,7)29-24;/h8-12,16H,13-14H2,1-7H3;/q-1;+1. The van der Waals surface area contributed by atoms with E-state index in [1.165, 1.54) is 12.8 Å². The van der Waals surface area contributed by atoms with Gasteiger partial charge in [-0.1, -0.05) is 36.2 Å². The van der Waals surface area contributed by atoms with E-state index in [1.807, 2.05) is 32.9 Å². The van der Waals surface area contributed by atoms with Gasteiger partial charge in [0, 0.05) is 17.4 Å². The minimum absolute atomic E-state index is 0. The van der Waals surface area contributed by atoms with Crippen molar-refractivity contribution in [3.8, 4) is 0 Å². The summed E-state index contributed by atoms with van der Waals surface area (Å²) in [4.78, 5) is 12.6. The Morgan fingerprint density at radius 2 is 1.67 bits per heavy atom. The summed E-state index contributed by atoms with van der Waals surface area (Å²) in [6.45, 7) is 12.6. The van der Waals surface area contributed by atoms with Gasteiger partial charge in [-0.2, -0.15) is 5.46 Å². The van der Waals surface area contributed by atoms with Gasteiger partial charge in [0.15, 0.2) is 0 Å². The van der Waals surface area contributed by atoms with Crippen LogP contribution in [0, 0.1) is 5.92 Å². The van der Waals surface area contributed by atoms with Crippen molar-refractivity contribution in [2.45, 2.75) is 83.4 Å². The molecule has 1 aromatic carbocycles. The normalized spacial score (nSPS) is 29.8. The van der Waals surface area contributed by atoms with E-state index in [0.717, 1.165) is 22.3 Å². The maximum atomic E-state index is 12.6. The molecule has 0 N–H and O–H groups in total. The van der Waals surface area contributed by atoms with E-state index in [2.05, 4.69) is 39.8 Å². The number of nitrogens with zero attached hydrogens (tertiary/aromatic N) is 1. The summed E-state index contributed by atoms with van der Waals surface area (Å²) in [6.07, 6.45) is 3.80. The Bertz CT molecular complexity index is 1010. The zero-order valence-corrected chi connectivity index (χ0v) is 19.5. The minimum Gasteiger partial charge on any atom is -0.558 e. The number of hydrogen-bond acceptors (Lipinski definition) is 4. The van der Waals surface area contributed by atoms with Crippen LogP contribution in [0.1, 0.15) is 61.3 Å². The minimum atomic E-state index is -1.56. The first-order chi connectivity index (χ1) is 13.3. The number of carbonyl (C=O) groups excluding carboxylic acids is 1. The Labute approximate surface area is 191 Å². The Morgan fingerprint density at radius 1 is 1.10 bits per heavy atom.